The second-order valence-corrected chi connectivity index (χ2v) is 14.7. The van der Waals surface area contributed by atoms with Crippen LogP contribution in [0.5, 0.6) is 11.5 Å². The first-order valence-corrected chi connectivity index (χ1v) is 18.1. The first kappa shape index (κ1) is 34.2. The summed E-state index contributed by atoms with van der Waals surface area (Å²) in [6.07, 6.45) is 5.09. The molecule has 1 aliphatic carbocycles. The lowest BCUT2D eigenvalue weighted by Gasteiger charge is -2.33. The number of hydrogen-bond acceptors (Lipinski definition) is 5. The Balaban J connectivity index is 1.46. The molecule has 0 aromatic heterocycles. The highest BCUT2D eigenvalue weighted by molar-refractivity contribution is 9.10. The normalized spacial score (nSPS) is 14.2. The molecule has 0 aliphatic heterocycles. The van der Waals surface area contributed by atoms with Crippen LogP contribution in [0.15, 0.2) is 112 Å². The standard InChI is InChI=1S/C37H40BrN3O5S/c1-27-13-23-35(24-14-27)47(44,45)41(32-19-21-34(22-20-32)46-33-11-7-4-8-12-33)26-36(42)40(25-29-15-17-30(38)18-16-29)28(2)37(43)39-31-9-5-3-6-10-31/h4,7-8,11-24,28,31H,3,5-6,9-10,25-26H2,1-2H3,(H,39,43). The van der Waals surface area contributed by atoms with E-state index >= 15 is 0 Å². The summed E-state index contributed by atoms with van der Waals surface area (Å²) in [7, 11) is -4.18. The van der Waals surface area contributed by atoms with Gasteiger partial charge in [0.15, 0.2) is 0 Å². The molecule has 1 fully saturated rings. The van der Waals surface area contributed by atoms with Crippen LogP contribution in [0.3, 0.4) is 0 Å². The van der Waals surface area contributed by atoms with Crippen LogP contribution in [0, 0.1) is 6.92 Å². The second-order valence-electron chi connectivity index (χ2n) is 11.9. The Bertz CT molecular complexity index is 1740. The summed E-state index contributed by atoms with van der Waals surface area (Å²) in [6, 6.07) is 29.1. The van der Waals surface area contributed by atoms with Gasteiger partial charge in [-0.2, -0.15) is 0 Å². The predicted octanol–water partition coefficient (Wildman–Crippen LogP) is 7.61. The second kappa shape index (κ2) is 15.6. The number of nitrogens with zero attached hydrogens (tertiary/aromatic N) is 2. The molecule has 8 nitrogen and oxygen atoms in total. The van der Waals surface area contributed by atoms with Crippen LogP contribution in [0.2, 0.25) is 0 Å². The molecule has 0 radical (unpaired) electrons. The molecule has 0 heterocycles. The van der Waals surface area contributed by atoms with Crippen molar-refractivity contribution in [1.82, 2.24) is 10.2 Å². The minimum absolute atomic E-state index is 0.0584. The van der Waals surface area contributed by atoms with Crippen LogP contribution in [0.4, 0.5) is 5.69 Å². The molecule has 0 saturated heterocycles. The van der Waals surface area contributed by atoms with Crippen molar-refractivity contribution in [3.63, 3.8) is 0 Å². The summed E-state index contributed by atoms with van der Waals surface area (Å²) in [6.45, 7) is 3.20. The van der Waals surface area contributed by atoms with E-state index < -0.39 is 28.5 Å². The fourth-order valence-corrected chi connectivity index (χ4v) is 7.29. The number of carbonyl (C=O) groups excluding carboxylic acids is 2. The van der Waals surface area contributed by atoms with Crippen LogP contribution in [-0.2, 0) is 26.2 Å². The fourth-order valence-electron chi connectivity index (χ4n) is 5.61. The predicted molar refractivity (Wildman–Crippen MR) is 188 cm³/mol. The minimum Gasteiger partial charge on any atom is -0.457 e. The van der Waals surface area contributed by atoms with Gasteiger partial charge in [-0.15, -0.1) is 0 Å². The molecule has 246 valence electrons. The molecule has 1 saturated carbocycles. The number of carbonyl (C=O) groups is 2. The summed E-state index contributed by atoms with van der Waals surface area (Å²) in [4.78, 5) is 29.3. The van der Waals surface area contributed by atoms with Gasteiger partial charge >= 0.3 is 0 Å². The minimum atomic E-state index is -4.18. The van der Waals surface area contributed by atoms with Gasteiger partial charge in [-0.25, -0.2) is 8.42 Å². The first-order valence-electron chi connectivity index (χ1n) is 15.9. The molecule has 2 amide bonds. The number of para-hydroxylation sites is 1. The summed E-state index contributed by atoms with van der Waals surface area (Å²) < 4.78 is 36.3. The van der Waals surface area contributed by atoms with Gasteiger partial charge in [-0.05, 0) is 92.9 Å². The van der Waals surface area contributed by atoms with Gasteiger partial charge in [-0.1, -0.05) is 83.2 Å². The van der Waals surface area contributed by atoms with Crippen molar-refractivity contribution in [2.75, 3.05) is 10.8 Å². The lowest BCUT2D eigenvalue weighted by Crippen LogP contribution is -2.53. The number of nitrogens with one attached hydrogen (secondary N) is 1. The molecule has 47 heavy (non-hydrogen) atoms. The van der Waals surface area contributed by atoms with E-state index in [0.29, 0.717) is 17.2 Å². The Hall–Kier alpha value is -4.15. The molecule has 1 N–H and O–H groups in total. The number of sulfonamides is 1. The molecule has 1 aliphatic rings. The van der Waals surface area contributed by atoms with Crippen molar-refractivity contribution < 1.29 is 22.7 Å². The highest BCUT2D eigenvalue weighted by Gasteiger charge is 2.33. The van der Waals surface area contributed by atoms with Crippen LogP contribution in [-0.4, -0.2) is 43.8 Å². The smallest absolute Gasteiger partial charge is 0.264 e. The SMILES string of the molecule is Cc1ccc(S(=O)(=O)N(CC(=O)N(Cc2ccc(Br)cc2)C(C)C(=O)NC2CCCCC2)c2ccc(Oc3ccccc3)cc2)cc1. The van der Waals surface area contributed by atoms with Gasteiger partial charge in [0.25, 0.3) is 10.0 Å². The Morgan fingerprint density at radius 3 is 2.11 bits per heavy atom. The summed E-state index contributed by atoms with van der Waals surface area (Å²) in [5.41, 5.74) is 2.02. The first-order chi connectivity index (χ1) is 22.6. The van der Waals surface area contributed by atoms with Crippen LogP contribution in [0.1, 0.15) is 50.2 Å². The van der Waals surface area contributed by atoms with E-state index in [9.17, 15) is 18.0 Å². The Kier molecular flexibility index (Phi) is 11.4. The Morgan fingerprint density at radius 2 is 1.47 bits per heavy atom. The molecule has 1 unspecified atom stereocenters. The molecule has 0 bridgehead atoms. The highest BCUT2D eigenvalue weighted by Crippen LogP contribution is 2.29. The number of ether oxygens (including phenoxy) is 1. The maximum Gasteiger partial charge on any atom is 0.264 e. The van der Waals surface area contributed by atoms with E-state index in [1.54, 1.807) is 43.3 Å². The maximum absolute atomic E-state index is 14.3. The number of aryl methyl sites for hydroxylation is 1. The number of halogens is 1. The third-order valence-electron chi connectivity index (χ3n) is 8.38. The molecular weight excluding hydrogens is 678 g/mol. The van der Waals surface area contributed by atoms with Gasteiger partial charge in [0.05, 0.1) is 10.6 Å². The lowest BCUT2D eigenvalue weighted by molar-refractivity contribution is -0.139. The van der Waals surface area contributed by atoms with Crippen molar-refractivity contribution in [3.8, 4) is 11.5 Å². The van der Waals surface area contributed by atoms with Crippen molar-refractivity contribution in [2.45, 2.75) is 69.5 Å². The lowest BCUT2D eigenvalue weighted by atomic mass is 9.95. The van der Waals surface area contributed by atoms with Gasteiger partial charge in [0.2, 0.25) is 11.8 Å². The average Bonchev–Trinajstić information content (AvgIpc) is 3.08. The van der Waals surface area contributed by atoms with E-state index in [1.807, 2.05) is 61.5 Å². The van der Waals surface area contributed by atoms with E-state index in [1.165, 1.54) is 17.0 Å². The van der Waals surface area contributed by atoms with Crippen LogP contribution in [0.25, 0.3) is 0 Å². The van der Waals surface area contributed by atoms with Gasteiger partial charge in [0.1, 0.15) is 24.1 Å². The van der Waals surface area contributed by atoms with Crippen molar-refractivity contribution in [1.29, 1.82) is 0 Å². The third kappa shape index (κ3) is 9.02. The quantitative estimate of drug-likeness (QED) is 0.163. The van der Waals surface area contributed by atoms with Crippen LogP contribution >= 0.6 is 15.9 Å². The number of anilines is 1. The largest absolute Gasteiger partial charge is 0.457 e. The molecule has 4 aromatic carbocycles. The number of amides is 2. The van der Waals surface area contributed by atoms with E-state index in [-0.39, 0.29) is 23.4 Å². The molecular formula is C37H40BrN3O5S. The highest BCUT2D eigenvalue weighted by atomic mass is 79.9. The summed E-state index contributed by atoms with van der Waals surface area (Å²) in [5.74, 6) is 0.407. The average molecular weight is 719 g/mol. The maximum atomic E-state index is 14.3. The van der Waals surface area contributed by atoms with Crippen molar-refractivity contribution in [2.24, 2.45) is 0 Å². The fraction of sp³-hybridized carbons (Fsp3) is 0.297. The summed E-state index contributed by atoms with van der Waals surface area (Å²) in [5, 5.41) is 3.14. The van der Waals surface area contributed by atoms with E-state index in [4.69, 9.17) is 4.74 Å². The Labute approximate surface area is 285 Å². The van der Waals surface area contributed by atoms with Crippen molar-refractivity contribution in [3.05, 3.63) is 119 Å². The van der Waals surface area contributed by atoms with E-state index in [0.717, 1.165) is 52.0 Å². The van der Waals surface area contributed by atoms with Gasteiger partial charge < -0.3 is 15.0 Å². The topological polar surface area (TPSA) is 96.0 Å². The molecule has 5 rings (SSSR count). The zero-order valence-corrected chi connectivity index (χ0v) is 29.0. The molecule has 4 aromatic rings. The number of benzene rings is 4. The molecule has 0 spiro atoms. The third-order valence-corrected chi connectivity index (χ3v) is 10.7. The zero-order valence-electron chi connectivity index (χ0n) is 26.6. The zero-order chi connectivity index (χ0) is 33.4. The van der Waals surface area contributed by atoms with Crippen molar-refractivity contribution >= 4 is 43.5 Å². The van der Waals surface area contributed by atoms with Gasteiger partial charge in [-0.3, -0.25) is 13.9 Å². The molecule has 1 atom stereocenters. The number of hydrogen-bond donors (Lipinski definition) is 1. The molecule has 10 heteroatoms. The number of rotatable bonds is 12. The summed E-state index contributed by atoms with van der Waals surface area (Å²) >= 11 is 3.45. The Morgan fingerprint density at radius 1 is 0.851 bits per heavy atom. The van der Waals surface area contributed by atoms with Gasteiger partial charge in [0, 0.05) is 17.1 Å². The van der Waals surface area contributed by atoms with Crippen LogP contribution < -0.4 is 14.4 Å². The monoisotopic (exact) mass is 717 g/mol. The van der Waals surface area contributed by atoms with E-state index in [2.05, 4.69) is 21.2 Å².